The maximum Gasteiger partial charge on any atom is 0.338 e. The van der Waals surface area contributed by atoms with E-state index in [0.29, 0.717) is 29.4 Å². The molecule has 0 amide bonds. The summed E-state index contributed by atoms with van der Waals surface area (Å²) in [6.07, 6.45) is 3.09. The van der Waals surface area contributed by atoms with E-state index in [2.05, 4.69) is 15.4 Å². The zero-order valence-electron chi connectivity index (χ0n) is 14.5. The van der Waals surface area contributed by atoms with Crippen molar-refractivity contribution in [2.45, 2.75) is 32.7 Å². The molecule has 1 unspecified atom stereocenters. The van der Waals surface area contributed by atoms with Crippen molar-refractivity contribution in [2.24, 2.45) is 0 Å². The molecule has 0 bridgehead atoms. The van der Waals surface area contributed by atoms with E-state index in [-0.39, 0.29) is 5.69 Å². The first-order chi connectivity index (χ1) is 12.5. The van der Waals surface area contributed by atoms with Crippen molar-refractivity contribution < 1.29 is 14.5 Å². The summed E-state index contributed by atoms with van der Waals surface area (Å²) in [5.41, 5.74) is 1.70. The van der Waals surface area contributed by atoms with Gasteiger partial charge in [0, 0.05) is 17.8 Å². The van der Waals surface area contributed by atoms with Crippen molar-refractivity contribution >= 4 is 17.6 Å². The molecule has 0 spiro atoms. The van der Waals surface area contributed by atoms with E-state index in [1.165, 1.54) is 18.5 Å². The molecule has 136 valence electrons. The number of anilines is 1. The number of hydrogen-bond acceptors (Lipinski definition) is 7. The van der Waals surface area contributed by atoms with Crippen LogP contribution in [0, 0.1) is 10.1 Å². The fraction of sp³-hybridized carbons (Fsp3) is 0.353. The summed E-state index contributed by atoms with van der Waals surface area (Å²) >= 11 is 0. The summed E-state index contributed by atoms with van der Waals surface area (Å²) in [5, 5.41) is 18.2. The molecule has 1 atom stereocenters. The van der Waals surface area contributed by atoms with Crippen molar-refractivity contribution in [1.82, 2.24) is 14.8 Å². The van der Waals surface area contributed by atoms with Gasteiger partial charge in [0.25, 0.3) is 5.69 Å². The molecule has 9 nitrogen and oxygen atoms in total. The Bertz CT molecular complexity index is 856. The first-order valence-corrected chi connectivity index (χ1v) is 8.31. The zero-order chi connectivity index (χ0) is 18.7. The Kier molecular flexibility index (Phi) is 4.97. The molecule has 2 aromatic rings. The predicted octanol–water partition coefficient (Wildman–Crippen LogP) is 2.82. The molecule has 0 aliphatic carbocycles. The number of ether oxygens (including phenoxy) is 1. The monoisotopic (exact) mass is 357 g/mol. The molecule has 0 fully saturated rings. The van der Waals surface area contributed by atoms with Gasteiger partial charge in [0.1, 0.15) is 12.4 Å². The number of nitrogens with one attached hydrogen (secondary N) is 1. The maximum absolute atomic E-state index is 12.7. The number of unbranched alkanes of at least 4 members (excludes halogenated alkanes) is 1. The number of rotatable bonds is 6. The van der Waals surface area contributed by atoms with E-state index in [1.807, 2.05) is 6.92 Å². The molecule has 1 aromatic heterocycles. The Morgan fingerprint density at radius 3 is 2.77 bits per heavy atom. The minimum atomic E-state index is -0.566. The van der Waals surface area contributed by atoms with E-state index in [9.17, 15) is 14.9 Å². The highest BCUT2D eigenvalue weighted by Crippen LogP contribution is 2.35. The number of fused-ring (bicyclic) bond motifs is 1. The number of nitrogens with zero attached hydrogens (tertiary/aromatic N) is 4. The minimum Gasteiger partial charge on any atom is -0.462 e. The van der Waals surface area contributed by atoms with Gasteiger partial charge in [0.05, 0.1) is 17.1 Å². The van der Waals surface area contributed by atoms with E-state index < -0.39 is 16.9 Å². The second-order valence-corrected chi connectivity index (χ2v) is 5.93. The van der Waals surface area contributed by atoms with Gasteiger partial charge in [-0.15, -0.1) is 0 Å². The van der Waals surface area contributed by atoms with Crippen molar-refractivity contribution in [2.75, 3.05) is 11.9 Å². The molecule has 0 radical (unpaired) electrons. The Labute approximate surface area is 149 Å². The van der Waals surface area contributed by atoms with Gasteiger partial charge in [-0.05, 0) is 31.0 Å². The van der Waals surface area contributed by atoms with Crippen LogP contribution in [0.5, 0.6) is 0 Å². The van der Waals surface area contributed by atoms with Crippen LogP contribution in [-0.4, -0.2) is 32.3 Å². The van der Waals surface area contributed by atoms with Crippen LogP contribution >= 0.6 is 0 Å². The van der Waals surface area contributed by atoms with Gasteiger partial charge in [-0.25, -0.2) is 9.48 Å². The Morgan fingerprint density at radius 1 is 1.38 bits per heavy atom. The molecule has 0 saturated heterocycles. The summed E-state index contributed by atoms with van der Waals surface area (Å²) in [6, 6.07) is 5.48. The molecule has 1 aromatic carbocycles. The lowest BCUT2D eigenvalue weighted by Gasteiger charge is -2.28. The largest absolute Gasteiger partial charge is 0.462 e. The number of nitro groups is 1. The fourth-order valence-corrected chi connectivity index (χ4v) is 2.83. The van der Waals surface area contributed by atoms with Crippen LogP contribution < -0.4 is 5.32 Å². The summed E-state index contributed by atoms with van der Waals surface area (Å²) in [4.78, 5) is 27.3. The topological polar surface area (TPSA) is 112 Å². The predicted molar refractivity (Wildman–Crippen MR) is 93.4 cm³/mol. The lowest BCUT2D eigenvalue weighted by molar-refractivity contribution is -0.384. The second kappa shape index (κ2) is 7.34. The minimum absolute atomic E-state index is 0.0192. The van der Waals surface area contributed by atoms with Crippen LogP contribution in [-0.2, 0) is 9.53 Å². The lowest BCUT2D eigenvalue weighted by atomic mass is 9.95. The molecule has 1 N–H and O–H groups in total. The summed E-state index contributed by atoms with van der Waals surface area (Å²) < 4.78 is 6.97. The third-order valence-electron chi connectivity index (χ3n) is 4.16. The molecular weight excluding hydrogens is 338 g/mol. The Hall–Kier alpha value is -3.23. The number of esters is 1. The SMILES string of the molecule is CCCCOC(=O)C1=C(C)Nc2ncnn2C1c1ccc([N+](=O)[O-])cc1. The molecule has 1 aliphatic heterocycles. The van der Waals surface area contributed by atoms with E-state index in [0.717, 1.165) is 12.8 Å². The summed E-state index contributed by atoms with van der Waals surface area (Å²) in [6.45, 7) is 4.12. The van der Waals surface area contributed by atoms with Gasteiger partial charge in [-0.2, -0.15) is 10.1 Å². The van der Waals surface area contributed by atoms with Crippen LogP contribution in [0.4, 0.5) is 11.6 Å². The van der Waals surface area contributed by atoms with Crippen LogP contribution in [0.3, 0.4) is 0 Å². The highest BCUT2D eigenvalue weighted by atomic mass is 16.6. The third kappa shape index (κ3) is 3.28. The van der Waals surface area contributed by atoms with Crippen molar-refractivity contribution in [1.29, 1.82) is 0 Å². The van der Waals surface area contributed by atoms with E-state index >= 15 is 0 Å². The number of carbonyl (C=O) groups is 1. The van der Waals surface area contributed by atoms with Gasteiger partial charge >= 0.3 is 5.97 Å². The number of aromatic nitrogens is 3. The number of benzene rings is 1. The Morgan fingerprint density at radius 2 is 2.12 bits per heavy atom. The van der Waals surface area contributed by atoms with Gasteiger partial charge < -0.3 is 10.1 Å². The molecule has 26 heavy (non-hydrogen) atoms. The Balaban J connectivity index is 2.00. The van der Waals surface area contributed by atoms with Crippen LogP contribution in [0.2, 0.25) is 0 Å². The molecule has 0 saturated carbocycles. The van der Waals surface area contributed by atoms with Gasteiger partial charge in [0.15, 0.2) is 0 Å². The smallest absolute Gasteiger partial charge is 0.338 e. The van der Waals surface area contributed by atoms with Crippen LogP contribution in [0.1, 0.15) is 38.3 Å². The van der Waals surface area contributed by atoms with E-state index in [4.69, 9.17) is 4.74 Å². The second-order valence-electron chi connectivity index (χ2n) is 5.93. The molecule has 1 aliphatic rings. The zero-order valence-corrected chi connectivity index (χ0v) is 14.5. The highest BCUT2D eigenvalue weighted by Gasteiger charge is 2.34. The van der Waals surface area contributed by atoms with E-state index in [1.54, 1.807) is 23.7 Å². The highest BCUT2D eigenvalue weighted by molar-refractivity contribution is 5.92. The number of non-ortho nitro benzene ring substituents is 1. The third-order valence-corrected chi connectivity index (χ3v) is 4.16. The lowest BCUT2D eigenvalue weighted by Crippen LogP contribution is -2.29. The van der Waals surface area contributed by atoms with Crippen LogP contribution in [0.15, 0.2) is 41.9 Å². The molecule has 9 heteroatoms. The van der Waals surface area contributed by atoms with Crippen molar-refractivity contribution in [3.8, 4) is 0 Å². The van der Waals surface area contributed by atoms with Gasteiger partial charge in [-0.3, -0.25) is 10.1 Å². The summed E-state index contributed by atoms with van der Waals surface area (Å²) in [5.74, 6) is 0.0592. The van der Waals surface area contributed by atoms with Crippen LogP contribution in [0.25, 0.3) is 0 Å². The average molecular weight is 357 g/mol. The molecule has 2 heterocycles. The summed E-state index contributed by atoms with van der Waals surface area (Å²) in [7, 11) is 0. The number of allylic oxidation sites excluding steroid dienone is 1. The standard InChI is InChI=1S/C17H19N5O4/c1-3-4-9-26-16(23)14-11(2)20-17-18-10-19-21(17)15(14)12-5-7-13(8-6-12)22(24)25/h5-8,10,15H,3-4,9H2,1-2H3,(H,18,19,20). The normalized spacial score (nSPS) is 16.0. The van der Waals surface area contributed by atoms with Crippen molar-refractivity contribution in [3.05, 3.63) is 57.5 Å². The maximum atomic E-state index is 12.7. The molecule has 3 rings (SSSR count). The van der Waals surface area contributed by atoms with Gasteiger partial charge in [0.2, 0.25) is 5.95 Å². The average Bonchev–Trinajstić information content (AvgIpc) is 3.08. The number of carbonyl (C=O) groups excluding carboxylic acids is 1. The van der Waals surface area contributed by atoms with Gasteiger partial charge in [-0.1, -0.05) is 13.3 Å². The number of nitro benzene ring substituents is 1. The fourth-order valence-electron chi connectivity index (χ4n) is 2.83. The first kappa shape index (κ1) is 17.6. The first-order valence-electron chi connectivity index (χ1n) is 8.31. The van der Waals surface area contributed by atoms with Crippen molar-refractivity contribution in [3.63, 3.8) is 0 Å². The quantitative estimate of drug-likeness (QED) is 0.366. The molecular formula is C17H19N5O4. The number of hydrogen-bond donors (Lipinski definition) is 1.